The zero-order valence-electron chi connectivity index (χ0n) is 9.91. The second-order valence-corrected chi connectivity index (χ2v) is 6.17. The maximum atomic E-state index is 12.0. The first-order valence-electron chi connectivity index (χ1n) is 5.76. The third kappa shape index (κ3) is 2.19. The molecule has 1 heterocycles. The summed E-state index contributed by atoms with van der Waals surface area (Å²) in [6.07, 6.45) is 0.746. The molecule has 18 heavy (non-hydrogen) atoms. The number of anilines is 1. The summed E-state index contributed by atoms with van der Waals surface area (Å²) >= 11 is 0. The van der Waals surface area contributed by atoms with E-state index in [1.165, 1.54) is 4.31 Å². The maximum Gasteiger partial charge on any atom is 0.248 e. The van der Waals surface area contributed by atoms with Crippen molar-refractivity contribution in [3.63, 3.8) is 0 Å². The number of nitrogens with two attached hydrogens (primary N) is 1. The van der Waals surface area contributed by atoms with E-state index in [9.17, 15) is 8.42 Å². The molecule has 1 aromatic rings. The van der Waals surface area contributed by atoms with Crippen LogP contribution in [0.1, 0.15) is 17.9 Å². The van der Waals surface area contributed by atoms with E-state index in [0.717, 1.165) is 12.0 Å². The molecule has 6 heteroatoms. The Morgan fingerprint density at radius 3 is 2.83 bits per heavy atom. The molecule has 1 aliphatic heterocycles. The molecule has 1 aromatic carbocycles. The van der Waals surface area contributed by atoms with E-state index < -0.39 is 15.8 Å². The fourth-order valence-corrected chi connectivity index (χ4v) is 3.52. The number of nitriles is 1. The number of nitrogens with zero attached hydrogens (tertiary/aromatic N) is 2. The summed E-state index contributed by atoms with van der Waals surface area (Å²) in [6, 6.07) is 9.11. The molecule has 0 aliphatic carbocycles. The molecule has 0 radical (unpaired) electrons. The number of rotatable bonds is 4. The lowest BCUT2D eigenvalue weighted by Crippen LogP contribution is -2.32. The van der Waals surface area contributed by atoms with Crippen molar-refractivity contribution in [3.8, 4) is 6.07 Å². The van der Waals surface area contributed by atoms with Crippen molar-refractivity contribution < 1.29 is 8.42 Å². The van der Waals surface area contributed by atoms with Crippen molar-refractivity contribution >= 4 is 15.7 Å². The quantitative estimate of drug-likeness (QED) is 0.872. The lowest BCUT2D eigenvalue weighted by atomic mass is 9.98. The van der Waals surface area contributed by atoms with Crippen molar-refractivity contribution in [3.05, 3.63) is 29.8 Å². The van der Waals surface area contributed by atoms with Crippen LogP contribution in [0.3, 0.4) is 0 Å². The molecule has 0 amide bonds. The first-order chi connectivity index (χ1) is 8.60. The first-order valence-corrected chi connectivity index (χ1v) is 7.37. The number of hydrogen-bond acceptors (Lipinski definition) is 4. The van der Waals surface area contributed by atoms with Gasteiger partial charge in [0, 0.05) is 12.5 Å². The van der Waals surface area contributed by atoms with Crippen LogP contribution in [0.4, 0.5) is 5.69 Å². The Labute approximate surface area is 107 Å². The van der Waals surface area contributed by atoms with E-state index >= 15 is 0 Å². The first kappa shape index (κ1) is 12.9. The number of sulfonamides is 1. The van der Waals surface area contributed by atoms with Gasteiger partial charge in [0.2, 0.25) is 10.0 Å². The largest absolute Gasteiger partial charge is 0.330 e. The van der Waals surface area contributed by atoms with Crippen molar-refractivity contribution in [2.24, 2.45) is 5.73 Å². The molecule has 0 bridgehead atoms. The molecular weight excluding hydrogens is 250 g/mol. The molecule has 1 atom stereocenters. The van der Waals surface area contributed by atoms with Gasteiger partial charge in [-0.3, -0.25) is 4.31 Å². The van der Waals surface area contributed by atoms with Crippen molar-refractivity contribution in [1.82, 2.24) is 0 Å². The highest BCUT2D eigenvalue weighted by Gasteiger charge is 2.34. The molecule has 1 unspecified atom stereocenters. The summed E-state index contributed by atoms with van der Waals surface area (Å²) in [5.41, 5.74) is 7.25. The van der Waals surface area contributed by atoms with Gasteiger partial charge < -0.3 is 5.73 Å². The fraction of sp³-hybridized carbons (Fsp3) is 0.417. The molecule has 0 aromatic heterocycles. The van der Waals surface area contributed by atoms with Gasteiger partial charge in [-0.1, -0.05) is 18.2 Å². The summed E-state index contributed by atoms with van der Waals surface area (Å²) in [4.78, 5) is 0. The fourth-order valence-electron chi connectivity index (χ4n) is 2.33. The van der Waals surface area contributed by atoms with Gasteiger partial charge in [0.05, 0.1) is 11.8 Å². The van der Waals surface area contributed by atoms with Crippen molar-refractivity contribution in [1.29, 1.82) is 5.26 Å². The Bertz CT molecular complexity index is 577. The third-order valence-corrected chi connectivity index (χ3v) is 4.64. The monoisotopic (exact) mass is 265 g/mol. The lowest BCUT2D eigenvalue weighted by molar-refractivity contribution is 0.589. The molecule has 0 saturated heterocycles. The van der Waals surface area contributed by atoms with Crippen LogP contribution >= 0.6 is 0 Å². The van der Waals surface area contributed by atoms with Gasteiger partial charge in [-0.05, 0) is 24.6 Å². The van der Waals surface area contributed by atoms with Gasteiger partial charge in [0.25, 0.3) is 0 Å². The molecule has 1 aliphatic rings. The second-order valence-electron chi connectivity index (χ2n) is 4.28. The van der Waals surface area contributed by atoms with Gasteiger partial charge in [-0.15, -0.1) is 0 Å². The topological polar surface area (TPSA) is 87.2 Å². The minimum atomic E-state index is -3.54. The highest BCUT2D eigenvalue weighted by atomic mass is 32.2. The average molecular weight is 265 g/mol. The van der Waals surface area contributed by atoms with Crippen LogP contribution in [0.2, 0.25) is 0 Å². The van der Waals surface area contributed by atoms with Crippen LogP contribution in [-0.2, 0) is 10.0 Å². The predicted octanol–water partition coefficient (Wildman–Crippen LogP) is 0.792. The van der Waals surface area contributed by atoms with Crippen LogP contribution < -0.4 is 10.0 Å². The van der Waals surface area contributed by atoms with Crippen LogP contribution in [0, 0.1) is 11.3 Å². The zero-order valence-corrected chi connectivity index (χ0v) is 10.7. The zero-order chi connectivity index (χ0) is 13.2. The van der Waals surface area contributed by atoms with Gasteiger partial charge in [-0.2, -0.15) is 5.26 Å². The highest BCUT2D eigenvalue weighted by Crippen LogP contribution is 2.39. The summed E-state index contributed by atoms with van der Waals surface area (Å²) in [5, 5.41) is 8.60. The molecule has 2 rings (SSSR count). The molecule has 5 nitrogen and oxygen atoms in total. The Balaban J connectivity index is 2.40. The Morgan fingerprint density at radius 1 is 1.44 bits per heavy atom. The Morgan fingerprint density at radius 2 is 2.17 bits per heavy atom. The minimum Gasteiger partial charge on any atom is -0.330 e. The standard InChI is InChI=1S/C12H15N3O2S/c13-6-5-10-9-15(18(16,17)8-7-14)12-4-2-1-3-11(10)12/h1-4,10H,5-6,8-9,13H2. The summed E-state index contributed by atoms with van der Waals surface area (Å²) < 4.78 is 25.4. The predicted molar refractivity (Wildman–Crippen MR) is 69.6 cm³/mol. The smallest absolute Gasteiger partial charge is 0.248 e. The molecular formula is C12H15N3O2S. The number of hydrogen-bond donors (Lipinski definition) is 1. The maximum absolute atomic E-state index is 12.0. The van der Waals surface area contributed by atoms with Crippen molar-refractivity contribution in [2.45, 2.75) is 12.3 Å². The number of fused-ring (bicyclic) bond motifs is 1. The normalized spacial score (nSPS) is 18.4. The minimum absolute atomic E-state index is 0.125. The van der Waals surface area contributed by atoms with E-state index in [-0.39, 0.29) is 5.92 Å². The Kier molecular flexibility index (Phi) is 3.55. The lowest BCUT2D eigenvalue weighted by Gasteiger charge is -2.18. The Hall–Kier alpha value is -1.58. The van der Waals surface area contributed by atoms with Gasteiger partial charge in [-0.25, -0.2) is 8.42 Å². The number of para-hydroxylation sites is 1. The number of benzene rings is 1. The summed E-state index contributed by atoms with van der Waals surface area (Å²) in [6.45, 7) is 0.908. The second kappa shape index (κ2) is 4.96. The highest BCUT2D eigenvalue weighted by molar-refractivity contribution is 7.93. The van der Waals surface area contributed by atoms with E-state index in [1.54, 1.807) is 18.2 Å². The SMILES string of the molecule is N#CCS(=O)(=O)N1CC(CCN)c2ccccc21. The van der Waals surface area contributed by atoms with Crippen LogP contribution in [0.15, 0.2) is 24.3 Å². The van der Waals surface area contributed by atoms with Crippen LogP contribution in [0.25, 0.3) is 0 Å². The third-order valence-electron chi connectivity index (χ3n) is 3.13. The van der Waals surface area contributed by atoms with Crippen LogP contribution in [0.5, 0.6) is 0 Å². The summed E-state index contributed by atoms with van der Waals surface area (Å²) in [7, 11) is -3.54. The van der Waals surface area contributed by atoms with Gasteiger partial charge >= 0.3 is 0 Å². The van der Waals surface area contributed by atoms with E-state index in [1.807, 2.05) is 12.1 Å². The molecule has 0 spiro atoms. The van der Waals surface area contributed by atoms with Gasteiger partial charge in [0.1, 0.15) is 0 Å². The summed E-state index contributed by atoms with van der Waals surface area (Å²) in [5.74, 6) is -0.365. The van der Waals surface area contributed by atoms with Crippen molar-refractivity contribution in [2.75, 3.05) is 23.1 Å². The van der Waals surface area contributed by atoms with E-state index in [4.69, 9.17) is 11.0 Å². The molecule has 2 N–H and O–H groups in total. The molecule has 96 valence electrons. The van der Waals surface area contributed by atoms with Crippen LogP contribution in [-0.4, -0.2) is 27.3 Å². The molecule has 0 fully saturated rings. The van der Waals surface area contributed by atoms with E-state index in [2.05, 4.69) is 0 Å². The average Bonchev–Trinajstić information content (AvgIpc) is 2.70. The van der Waals surface area contributed by atoms with E-state index in [0.29, 0.717) is 18.8 Å². The van der Waals surface area contributed by atoms with Gasteiger partial charge in [0.15, 0.2) is 5.75 Å². The molecule has 0 saturated carbocycles.